The van der Waals surface area contributed by atoms with Gasteiger partial charge in [0.2, 0.25) is 0 Å². The Bertz CT molecular complexity index is 736. The monoisotopic (exact) mass is 504 g/mol. The Morgan fingerprint density at radius 2 is 1.24 bits per heavy atom. The van der Waals surface area contributed by atoms with Crippen molar-refractivity contribution in [1.82, 2.24) is 0 Å². The third kappa shape index (κ3) is 14.5. The van der Waals surface area contributed by atoms with E-state index < -0.39 is 21.5 Å². The van der Waals surface area contributed by atoms with E-state index in [-0.39, 0.29) is 29.6 Å². The average Bonchev–Trinajstić information content (AvgIpc) is 2.77. The first-order chi connectivity index (χ1) is 15.8. The summed E-state index contributed by atoms with van der Waals surface area (Å²) in [6, 6.07) is 6.13. The Kier molecular flexibility index (Phi) is 20.0. The van der Waals surface area contributed by atoms with Gasteiger partial charge in [0, 0.05) is 0 Å². The first-order valence-electron chi connectivity index (χ1n) is 13.5. The van der Waals surface area contributed by atoms with Gasteiger partial charge >= 0.3 is 29.6 Å². The maximum absolute atomic E-state index is 11.5. The molecule has 2 unspecified atom stereocenters. The third-order valence-corrected chi connectivity index (χ3v) is 8.03. The molecule has 0 spiro atoms. The number of hydrogen-bond acceptors (Lipinski definition) is 4. The van der Waals surface area contributed by atoms with Gasteiger partial charge < -0.3 is 9.29 Å². The van der Waals surface area contributed by atoms with Gasteiger partial charge in [0.25, 0.3) is 0 Å². The topological polar surface area (TPSA) is 66.4 Å². The van der Waals surface area contributed by atoms with E-state index in [2.05, 4.69) is 19.9 Å². The molecule has 0 aliphatic rings. The predicted octanol–water partition coefficient (Wildman–Crippen LogP) is 4.98. The van der Waals surface area contributed by atoms with E-state index in [1.807, 2.05) is 12.1 Å². The van der Waals surface area contributed by atoms with Crippen molar-refractivity contribution < 1.29 is 47.3 Å². The molecule has 1 aromatic rings. The van der Waals surface area contributed by atoms with Crippen LogP contribution in [0.2, 0.25) is 0 Å². The summed E-state index contributed by atoms with van der Waals surface area (Å²) < 4.78 is 40.5. The molecule has 0 saturated carbocycles. The Hall–Kier alpha value is -0.0700. The second-order valence-electron chi connectivity index (χ2n) is 9.66. The van der Waals surface area contributed by atoms with Crippen LogP contribution in [0, 0.1) is 0 Å². The summed E-state index contributed by atoms with van der Waals surface area (Å²) >= 11 is 0. The van der Waals surface area contributed by atoms with Crippen molar-refractivity contribution in [2.45, 2.75) is 142 Å². The fourth-order valence-corrected chi connectivity index (χ4v) is 4.83. The molecule has 0 saturated heterocycles. The van der Waals surface area contributed by atoms with E-state index >= 15 is 0 Å². The molecule has 34 heavy (non-hydrogen) atoms. The number of aryl methyl sites for hydroxylation is 1. The number of rotatable bonds is 20. The van der Waals surface area contributed by atoms with Crippen LogP contribution in [0.5, 0.6) is 5.75 Å². The molecule has 0 radical (unpaired) electrons. The zero-order valence-electron chi connectivity index (χ0n) is 22.7. The first kappa shape index (κ1) is 33.9. The average molecular weight is 505 g/mol. The molecule has 6 heteroatoms. The summed E-state index contributed by atoms with van der Waals surface area (Å²) in [5.74, 6) is 0.754. The molecule has 0 N–H and O–H groups in total. The van der Waals surface area contributed by atoms with Crippen LogP contribution >= 0.6 is 0 Å². The van der Waals surface area contributed by atoms with Crippen LogP contribution in [0.4, 0.5) is 0 Å². The summed E-state index contributed by atoms with van der Waals surface area (Å²) in [6.07, 6.45) is 19.0. The van der Waals surface area contributed by atoms with Gasteiger partial charge in [-0.1, -0.05) is 103 Å². The second kappa shape index (κ2) is 20.0. The van der Waals surface area contributed by atoms with Gasteiger partial charge in [-0.3, -0.25) is 0 Å². The third-order valence-electron chi connectivity index (χ3n) is 6.74. The number of benzene rings is 1. The number of hydrogen-bond donors (Lipinski definition) is 0. The zero-order chi connectivity index (χ0) is 24.5. The Morgan fingerprint density at radius 1 is 0.765 bits per heavy atom. The fourth-order valence-electron chi connectivity index (χ4n) is 4.30. The van der Waals surface area contributed by atoms with E-state index in [1.165, 1.54) is 102 Å². The van der Waals surface area contributed by atoms with E-state index in [4.69, 9.17) is 4.74 Å². The second-order valence-corrected chi connectivity index (χ2v) is 11.4. The van der Waals surface area contributed by atoms with Crippen molar-refractivity contribution in [3.63, 3.8) is 0 Å². The standard InChI is InChI=1S/C28H50O4S.Na/c1-5-7-9-11-13-15-17-20-26-21-19-23-28(32-24(3)25(4)33(29,30)31)27(26)22-18-16-14-12-10-8-6-2;/h19,21,23-25H,5-18,20,22H2,1-4H3,(H,29,30,31);/q;+1/p-1. The molecule has 192 valence electrons. The van der Waals surface area contributed by atoms with Crippen molar-refractivity contribution in [3.8, 4) is 5.75 Å². The largest absolute Gasteiger partial charge is 1.00 e. The molecule has 1 rings (SSSR count). The molecule has 1 aromatic carbocycles. The van der Waals surface area contributed by atoms with Crippen LogP contribution in [-0.2, 0) is 23.0 Å². The maximum atomic E-state index is 11.5. The molecule has 0 amide bonds. The zero-order valence-corrected chi connectivity index (χ0v) is 25.6. The summed E-state index contributed by atoms with van der Waals surface area (Å²) in [5.41, 5.74) is 2.52. The quantitative estimate of drug-likeness (QED) is 0.143. The van der Waals surface area contributed by atoms with Crippen molar-refractivity contribution in [2.75, 3.05) is 0 Å². The minimum absolute atomic E-state index is 0. The molecular formula is C28H49NaO4S. The minimum atomic E-state index is -4.38. The van der Waals surface area contributed by atoms with Crippen molar-refractivity contribution in [2.24, 2.45) is 0 Å². The molecule has 0 fully saturated rings. The summed E-state index contributed by atoms with van der Waals surface area (Å²) in [7, 11) is -4.38. The molecular weight excluding hydrogens is 455 g/mol. The molecule has 2 atom stereocenters. The fraction of sp³-hybridized carbons (Fsp3) is 0.786. The van der Waals surface area contributed by atoms with Gasteiger partial charge in [0.15, 0.2) is 0 Å². The Labute approximate surface area is 233 Å². The van der Waals surface area contributed by atoms with Gasteiger partial charge in [-0.2, -0.15) is 0 Å². The summed E-state index contributed by atoms with van der Waals surface area (Å²) in [6.45, 7) is 7.60. The molecule has 0 heterocycles. The van der Waals surface area contributed by atoms with Gasteiger partial charge in [-0.25, -0.2) is 8.42 Å². The van der Waals surface area contributed by atoms with E-state index in [0.717, 1.165) is 25.0 Å². The Balaban J connectivity index is 0.0000109. The number of ether oxygens (including phenoxy) is 1. The van der Waals surface area contributed by atoms with E-state index in [0.29, 0.717) is 0 Å². The van der Waals surface area contributed by atoms with Crippen LogP contribution in [0.1, 0.15) is 129 Å². The van der Waals surface area contributed by atoms with E-state index in [9.17, 15) is 13.0 Å². The SMILES string of the molecule is CCCCCCCCCc1cccc(OC(C)C(C)S(=O)(=O)[O-])c1CCCCCCCCC.[Na+]. The minimum Gasteiger partial charge on any atom is -0.748 e. The van der Waals surface area contributed by atoms with Gasteiger partial charge in [-0.15, -0.1) is 0 Å². The van der Waals surface area contributed by atoms with Crippen LogP contribution in [0.15, 0.2) is 18.2 Å². The van der Waals surface area contributed by atoms with Crippen LogP contribution < -0.4 is 34.3 Å². The van der Waals surface area contributed by atoms with Gasteiger partial charge in [0.05, 0.1) is 5.25 Å². The molecule has 4 nitrogen and oxygen atoms in total. The molecule has 0 aliphatic carbocycles. The van der Waals surface area contributed by atoms with Gasteiger partial charge in [0.1, 0.15) is 22.0 Å². The number of unbranched alkanes of at least 4 members (excludes halogenated alkanes) is 12. The van der Waals surface area contributed by atoms with Crippen LogP contribution in [-0.4, -0.2) is 24.3 Å². The van der Waals surface area contributed by atoms with Gasteiger partial charge in [-0.05, 0) is 56.7 Å². The van der Waals surface area contributed by atoms with Crippen LogP contribution in [0.25, 0.3) is 0 Å². The normalized spacial score (nSPS) is 13.3. The first-order valence-corrected chi connectivity index (χ1v) is 15.0. The predicted molar refractivity (Wildman–Crippen MR) is 139 cm³/mol. The molecule has 0 aromatic heterocycles. The maximum Gasteiger partial charge on any atom is 1.00 e. The summed E-state index contributed by atoms with van der Waals surface area (Å²) in [5, 5.41) is -1.07. The molecule has 0 aliphatic heterocycles. The van der Waals surface area contributed by atoms with Crippen molar-refractivity contribution in [1.29, 1.82) is 0 Å². The van der Waals surface area contributed by atoms with Crippen molar-refractivity contribution >= 4 is 10.1 Å². The molecule has 0 bridgehead atoms. The summed E-state index contributed by atoms with van der Waals surface area (Å²) in [4.78, 5) is 0. The van der Waals surface area contributed by atoms with E-state index in [1.54, 1.807) is 6.92 Å². The Morgan fingerprint density at radius 3 is 1.74 bits per heavy atom. The van der Waals surface area contributed by atoms with Crippen molar-refractivity contribution in [3.05, 3.63) is 29.3 Å². The van der Waals surface area contributed by atoms with Crippen LogP contribution in [0.3, 0.4) is 0 Å². The smallest absolute Gasteiger partial charge is 0.748 e.